The lowest BCUT2D eigenvalue weighted by molar-refractivity contribution is -0.119. The number of rotatable bonds is 11. The van der Waals surface area contributed by atoms with Crippen LogP contribution >= 0.6 is 12.1 Å². The number of amides is 1. The van der Waals surface area contributed by atoms with Gasteiger partial charge in [-0.15, -0.1) is 0 Å². The Morgan fingerprint density at radius 3 is 1.94 bits per heavy atom. The Bertz CT molecular complexity index is 909. The first-order valence-corrected chi connectivity index (χ1v) is 11.3. The van der Waals surface area contributed by atoms with E-state index >= 15 is 0 Å². The summed E-state index contributed by atoms with van der Waals surface area (Å²) in [6.07, 6.45) is 1.52. The van der Waals surface area contributed by atoms with Crippen LogP contribution in [0.3, 0.4) is 0 Å². The van der Waals surface area contributed by atoms with Gasteiger partial charge in [-0.3, -0.25) is 4.79 Å². The van der Waals surface area contributed by atoms with E-state index in [0.29, 0.717) is 6.42 Å². The predicted molar refractivity (Wildman–Crippen MR) is 130 cm³/mol. The number of benzene rings is 3. The largest absolute Gasteiger partial charge is 0.314 e. The van der Waals surface area contributed by atoms with E-state index in [1.807, 2.05) is 73.8 Å². The van der Waals surface area contributed by atoms with Crippen molar-refractivity contribution in [2.75, 3.05) is 11.9 Å². The summed E-state index contributed by atoms with van der Waals surface area (Å²) < 4.78 is 3.29. The van der Waals surface area contributed by atoms with Crippen molar-refractivity contribution in [3.05, 3.63) is 102 Å². The maximum absolute atomic E-state index is 13.2. The minimum Gasteiger partial charge on any atom is -0.314 e. The Morgan fingerprint density at radius 2 is 1.35 bits per heavy atom. The Hall–Kier alpha value is -2.64. The molecule has 2 atom stereocenters. The molecule has 3 rings (SSSR count). The van der Waals surface area contributed by atoms with Crippen LogP contribution in [0.4, 0.5) is 5.69 Å². The van der Waals surface area contributed by atoms with E-state index in [4.69, 9.17) is 0 Å². The molecule has 3 N–H and O–H groups in total. The number of carbonyl (C=O) groups excluding carboxylic acids is 1. The fourth-order valence-corrected chi connectivity index (χ4v) is 3.94. The van der Waals surface area contributed by atoms with Gasteiger partial charge in [-0.1, -0.05) is 78.9 Å². The molecule has 6 heteroatoms. The highest BCUT2D eigenvalue weighted by Gasteiger charge is 2.23. The number of carbonyl (C=O) groups is 1. The van der Waals surface area contributed by atoms with Gasteiger partial charge >= 0.3 is 0 Å². The lowest BCUT2D eigenvalue weighted by atomic mass is 10.1. The monoisotopic (exact) mass is 434 g/mol. The van der Waals surface area contributed by atoms with Gasteiger partial charge in [-0.25, -0.2) is 10.1 Å². The molecule has 0 saturated carbocycles. The van der Waals surface area contributed by atoms with Gasteiger partial charge in [0.05, 0.1) is 0 Å². The van der Waals surface area contributed by atoms with Crippen LogP contribution in [0.5, 0.6) is 0 Å². The van der Waals surface area contributed by atoms with Crippen molar-refractivity contribution in [3.63, 3.8) is 0 Å². The van der Waals surface area contributed by atoms with E-state index in [0.717, 1.165) is 17.7 Å². The molecule has 5 nitrogen and oxygen atoms in total. The topological polar surface area (TPSA) is 56.4 Å². The Labute approximate surface area is 189 Å². The van der Waals surface area contributed by atoms with Crippen molar-refractivity contribution >= 4 is 23.7 Å². The Kier molecular flexibility index (Phi) is 9.12. The predicted octanol–water partition coefficient (Wildman–Crippen LogP) is 4.14. The van der Waals surface area contributed by atoms with Crippen molar-refractivity contribution in [1.82, 2.24) is 15.0 Å². The van der Waals surface area contributed by atoms with Crippen LogP contribution in [0.25, 0.3) is 0 Å². The summed E-state index contributed by atoms with van der Waals surface area (Å²) in [5, 5.41) is 0. The molecule has 162 valence electrons. The van der Waals surface area contributed by atoms with Gasteiger partial charge in [0.15, 0.2) is 0 Å². The molecule has 0 fully saturated rings. The molecule has 31 heavy (non-hydrogen) atoms. The number of hydrogen-bond donors (Lipinski definition) is 3. The van der Waals surface area contributed by atoms with E-state index < -0.39 is 0 Å². The van der Waals surface area contributed by atoms with Gasteiger partial charge in [0.1, 0.15) is 6.04 Å². The van der Waals surface area contributed by atoms with Gasteiger partial charge in [-0.2, -0.15) is 4.83 Å². The molecule has 0 aliphatic carbocycles. The molecule has 0 bridgehead atoms. The Morgan fingerprint density at radius 1 is 0.839 bits per heavy atom. The van der Waals surface area contributed by atoms with Crippen molar-refractivity contribution in [3.8, 4) is 0 Å². The molecule has 1 unspecified atom stereocenters. The van der Waals surface area contributed by atoms with E-state index in [-0.39, 0.29) is 18.0 Å². The Balaban J connectivity index is 1.55. The minimum atomic E-state index is -0.378. The second-order valence-electron chi connectivity index (χ2n) is 7.53. The van der Waals surface area contributed by atoms with E-state index in [2.05, 4.69) is 46.2 Å². The van der Waals surface area contributed by atoms with Gasteiger partial charge in [0, 0.05) is 30.9 Å². The fraction of sp³-hybridized carbons (Fsp3) is 0.240. The molecule has 1 amide bonds. The van der Waals surface area contributed by atoms with Crippen molar-refractivity contribution < 1.29 is 4.79 Å². The average Bonchev–Trinajstić information content (AvgIpc) is 2.82. The third-order valence-corrected chi connectivity index (χ3v) is 5.62. The van der Waals surface area contributed by atoms with Crippen LogP contribution in [0.2, 0.25) is 0 Å². The van der Waals surface area contributed by atoms with Crippen molar-refractivity contribution in [1.29, 1.82) is 0 Å². The standard InChI is InChI=1S/C25H30N4OS/c1-20(18-21-12-6-3-7-13-21)26-28-31-27-24(19-22-14-8-4-9-15-22)25(30)29(2)23-16-10-5-11-17-23/h3-17,20,24,26-28H,18-19H2,1-2H3/t20?,24-/m0/s1. The van der Waals surface area contributed by atoms with Crippen LogP contribution in [0.1, 0.15) is 18.1 Å². The molecule has 0 heterocycles. The summed E-state index contributed by atoms with van der Waals surface area (Å²) in [6.45, 7) is 2.12. The van der Waals surface area contributed by atoms with E-state index in [1.54, 1.807) is 4.90 Å². The highest BCUT2D eigenvalue weighted by molar-refractivity contribution is 7.95. The summed E-state index contributed by atoms with van der Waals surface area (Å²) in [4.78, 5) is 18.1. The quantitative estimate of drug-likeness (QED) is 0.241. The minimum absolute atomic E-state index is 0.0155. The molecule has 0 saturated heterocycles. The first-order chi connectivity index (χ1) is 15.1. The summed E-state index contributed by atoms with van der Waals surface area (Å²) in [5.41, 5.74) is 6.54. The number of anilines is 1. The number of hydrazine groups is 1. The molecule has 0 radical (unpaired) electrons. The normalized spacial score (nSPS) is 12.8. The average molecular weight is 435 g/mol. The van der Waals surface area contributed by atoms with Gasteiger partial charge < -0.3 is 4.90 Å². The smallest absolute Gasteiger partial charge is 0.245 e. The maximum Gasteiger partial charge on any atom is 0.245 e. The first kappa shape index (κ1) is 23.0. The van der Waals surface area contributed by atoms with Crippen LogP contribution < -0.4 is 19.9 Å². The fourth-order valence-electron chi connectivity index (χ4n) is 3.29. The third-order valence-electron chi connectivity index (χ3n) is 5.00. The van der Waals surface area contributed by atoms with Crippen LogP contribution in [-0.4, -0.2) is 25.0 Å². The third kappa shape index (κ3) is 7.52. The molecule has 0 aliphatic heterocycles. The number of nitrogens with zero attached hydrogens (tertiary/aromatic N) is 1. The zero-order chi connectivity index (χ0) is 21.9. The van der Waals surface area contributed by atoms with Gasteiger partial charge in [0.2, 0.25) is 5.91 Å². The maximum atomic E-state index is 13.2. The number of para-hydroxylation sites is 1. The molecular formula is C25H30N4OS. The lowest BCUT2D eigenvalue weighted by Gasteiger charge is -2.25. The molecular weight excluding hydrogens is 404 g/mol. The molecule has 0 aliphatic rings. The molecule has 3 aromatic rings. The zero-order valence-corrected chi connectivity index (χ0v) is 18.8. The van der Waals surface area contributed by atoms with Crippen molar-refractivity contribution in [2.24, 2.45) is 0 Å². The zero-order valence-electron chi connectivity index (χ0n) is 18.0. The lowest BCUT2D eigenvalue weighted by Crippen LogP contribution is -2.46. The highest BCUT2D eigenvalue weighted by atomic mass is 32.2. The van der Waals surface area contributed by atoms with Crippen LogP contribution in [0, 0.1) is 0 Å². The number of hydrogen-bond acceptors (Lipinski definition) is 5. The summed E-state index contributed by atoms with van der Waals surface area (Å²) in [7, 11) is 1.82. The highest BCUT2D eigenvalue weighted by Crippen LogP contribution is 2.15. The SMILES string of the molecule is CC(Cc1ccccc1)NNSN[C@@H](Cc1ccccc1)C(=O)N(C)c1ccccc1. The second-order valence-corrected chi connectivity index (χ2v) is 8.18. The van der Waals surface area contributed by atoms with Gasteiger partial charge in [-0.05, 0) is 43.0 Å². The van der Waals surface area contributed by atoms with Crippen molar-refractivity contribution in [2.45, 2.75) is 31.8 Å². The molecule has 0 spiro atoms. The van der Waals surface area contributed by atoms with E-state index in [9.17, 15) is 4.79 Å². The number of nitrogens with one attached hydrogen (secondary N) is 3. The first-order valence-electron chi connectivity index (χ1n) is 10.5. The summed E-state index contributed by atoms with van der Waals surface area (Å²) >= 11 is 1.30. The molecule has 3 aromatic carbocycles. The van der Waals surface area contributed by atoms with E-state index in [1.165, 1.54) is 17.7 Å². The molecule has 0 aromatic heterocycles. The summed E-state index contributed by atoms with van der Waals surface area (Å²) in [5.74, 6) is 0.0155. The van der Waals surface area contributed by atoms with Crippen LogP contribution in [0.15, 0.2) is 91.0 Å². The van der Waals surface area contributed by atoms with Gasteiger partial charge in [0.25, 0.3) is 0 Å². The second kappa shape index (κ2) is 12.3. The van der Waals surface area contributed by atoms with Crippen LogP contribution in [-0.2, 0) is 17.6 Å². The number of likely N-dealkylation sites (N-methyl/N-ethyl adjacent to an activating group) is 1. The summed E-state index contributed by atoms with van der Waals surface area (Å²) in [6, 6.07) is 30.0.